The first kappa shape index (κ1) is 12.0. The van der Waals surface area contributed by atoms with Gasteiger partial charge < -0.3 is 9.83 Å². The van der Waals surface area contributed by atoms with Crippen molar-refractivity contribution in [1.82, 2.24) is 14.4 Å². The number of fused-ring (bicyclic) bond motifs is 1. The van der Waals surface area contributed by atoms with E-state index in [-0.39, 0.29) is 0 Å². The number of rotatable bonds is 3. The molecule has 2 heterocycles. The number of nitrogens with one attached hydrogen (secondary N) is 1. The first-order valence-corrected chi connectivity index (χ1v) is 6.63. The Morgan fingerprint density at radius 2 is 2.26 bits per heavy atom. The molecule has 0 radical (unpaired) electrons. The molecule has 3 N–H and O–H groups in total. The van der Waals surface area contributed by atoms with E-state index in [1.54, 1.807) is 18.0 Å². The second-order valence-electron chi connectivity index (χ2n) is 4.15. The Morgan fingerprint density at radius 1 is 1.37 bits per heavy atom. The van der Waals surface area contributed by atoms with Crippen molar-refractivity contribution in [1.29, 1.82) is 0 Å². The molecule has 3 rings (SSSR count). The molecule has 0 spiro atoms. The minimum Gasteiger partial charge on any atom is -0.307 e. The van der Waals surface area contributed by atoms with Crippen molar-refractivity contribution in [2.45, 2.75) is 16.8 Å². The van der Waals surface area contributed by atoms with Gasteiger partial charge in [0.05, 0.1) is 6.20 Å². The number of hydrogen-bond acceptors (Lipinski definition) is 5. The highest BCUT2D eigenvalue weighted by atomic mass is 32.2. The van der Waals surface area contributed by atoms with Crippen molar-refractivity contribution >= 4 is 23.2 Å². The molecule has 19 heavy (non-hydrogen) atoms. The van der Waals surface area contributed by atoms with Gasteiger partial charge >= 0.3 is 0 Å². The second kappa shape index (κ2) is 4.91. The van der Waals surface area contributed by atoms with E-state index in [0.29, 0.717) is 5.82 Å². The Bertz CT molecular complexity index is 722. The quantitative estimate of drug-likeness (QED) is 0.566. The van der Waals surface area contributed by atoms with Crippen LogP contribution in [0.2, 0.25) is 0 Å². The molecule has 2 aromatic heterocycles. The molecule has 5 nitrogen and oxygen atoms in total. The summed E-state index contributed by atoms with van der Waals surface area (Å²) in [6, 6.07) is 8.28. The monoisotopic (exact) mass is 271 g/mol. The molecule has 3 aromatic rings. The molecular weight excluding hydrogens is 258 g/mol. The van der Waals surface area contributed by atoms with Crippen molar-refractivity contribution in [3.8, 4) is 0 Å². The molecule has 0 unspecified atom stereocenters. The van der Waals surface area contributed by atoms with Crippen molar-refractivity contribution in [2.75, 3.05) is 5.43 Å². The van der Waals surface area contributed by atoms with Gasteiger partial charge in [0.2, 0.25) is 0 Å². The third-order valence-corrected chi connectivity index (χ3v) is 3.65. The first-order valence-electron chi connectivity index (χ1n) is 5.81. The Morgan fingerprint density at radius 3 is 3.05 bits per heavy atom. The topological polar surface area (TPSA) is 68.2 Å². The summed E-state index contributed by atoms with van der Waals surface area (Å²) in [5, 5.41) is 0.825. The normalized spacial score (nSPS) is 10.8. The summed E-state index contributed by atoms with van der Waals surface area (Å²) in [6.07, 6.45) is 5.43. The van der Waals surface area contributed by atoms with Gasteiger partial charge in [-0.3, -0.25) is 0 Å². The van der Waals surface area contributed by atoms with Gasteiger partial charge in [-0.15, -0.1) is 0 Å². The summed E-state index contributed by atoms with van der Waals surface area (Å²) >= 11 is 1.58. The Balaban J connectivity index is 2.06. The molecule has 0 atom stereocenters. The van der Waals surface area contributed by atoms with E-state index in [1.807, 2.05) is 22.9 Å². The van der Waals surface area contributed by atoms with Crippen LogP contribution in [0.3, 0.4) is 0 Å². The van der Waals surface area contributed by atoms with E-state index in [9.17, 15) is 0 Å². The van der Waals surface area contributed by atoms with Crippen LogP contribution in [0.1, 0.15) is 5.56 Å². The minimum absolute atomic E-state index is 0.612. The third kappa shape index (κ3) is 2.40. The van der Waals surface area contributed by atoms with Crippen molar-refractivity contribution in [2.24, 2.45) is 5.84 Å². The van der Waals surface area contributed by atoms with Gasteiger partial charge in [-0.1, -0.05) is 29.5 Å². The number of nitrogens with zero attached hydrogens (tertiary/aromatic N) is 3. The Labute approximate surface area is 114 Å². The summed E-state index contributed by atoms with van der Waals surface area (Å²) in [4.78, 5) is 9.91. The number of hydrogen-bond donors (Lipinski definition) is 2. The Kier molecular flexibility index (Phi) is 3.10. The maximum absolute atomic E-state index is 5.44. The number of anilines is 1. The lowest BCUT2D eigenvalue weighted by Gasteiger charge is -2.06. The van der Waals surface area contributed by atoms with Crippen LogP contribution < -0.4 is 11.3 Å². The molecule has 96 valence electrons. The fraction of sp³-hybridized carbons (Fsp3) is 0.0769. The largest absolute Gasteiger partial charge is 0.307 e. The molecule has 0 aliphatic rings. The van der Waals surface area contributed by atoms with Gasteiger partial charge in [0.25, 0.3) is 0 Å². The van der Waals surface area contributed by atoms with Gasteiger partial charge in [0.15, 0.2) is 11.5 Å². The lowest BCUT2D eigenvalue weighted by Crippen LogP contribution is -2.10. The zero-order chi connectivity index (χ0) is 13.2. The van der Waals surface area contributed by atoms with Crippen LogP contribution in [-0.2, 0) is 0 Å². The predicted molar refractivity (Wildman–Crippen MR) is 76.1 cm³/mol. The van der Waals surface area contributed by atoms with Crippen LogP contribution in [0, 0.1) is 6.92 Å². The van der Waals surface area contributed by atoms with Crippen molar-refractivity contribution < 1.29 is 0 Å². The van der Waals surface area contributed by atoms with Crippen LogP contribution in [0.15, 0.2) is 52.8 Å². The molecule has 0 saturated carbocycles. The standard InChI is InChI=1S/C13H13N5S/c1-9-3-2-4-10(7-9)19-13-12-15-5-6-18(12)8-11(16-13)17-14/h2-8,17H,14H2,1H3. The number of aromatic nitrogens is 3. The van der Waals surface area contributed by atoms with Crippen LogP contribution in [0.5, 0.6) is 0 Å². The summed E-state index contributed by atoms with van der Waals surface area (Å²) in [5.41, 5.74) is 4.62. The zero-order valence-corrected chi connectivity index (χ0v) is 11.2. The predicted octanol–water partition coefficient (Wildman–Crippen LogP) is 2.47. The summed E-state index contributed by atoms with van der Waals surface area (Å²) < 4.78 is 1.90. The Hall–Kier alpha value is -2.05. The van der Waals surface area contributed by atoms with Gasteiger partial charge in [-0.25, -0.2) is 15.8 Å². The highest BCUT2D eigenvalue weighted by Gasteiger charge is 2.09. The van der Waals surface area contributed by atoms with E-state index in [0.717, 1.165) is 15.6 Å². The molecular formula is C13H13N5S. The average Bonchev–Trinajstić information content (AvgIpc) is 2.87. The smallest absolute Gasteiger partial charge is 0.170 e. The lowest BCUT2D eigenvalue weighted by molar-refractivity contribution is 1.02. The van der Waals surface area contributed by atoms with E-state index < -0.39 is 0 Å². The molecule has 0 fully saturated rings. The molecule has 0 aliphatic carbocycles. The molecule has 0 amide bonds. The van der Waals surface area contributed by atoms with Gasteiger partial charge in [0, 0.05) is 17.3 Å². The molecule has 0 saturated heterocycles. The number of imidazole rings is 1. The van der Waals surface area contributed by atoms with Crippen LogP contribution >= 0.6 is 11.8 Å². The summed E-state index contributed by atoms with van der Waals surface area (Å²) in [6.45, 7) is 2.07. The van der Waals surface area contributed by atoms with Crippen molar-refractivity contribution in [3.63, 3.8) is 0 Å². The van der Waals surface area contributed by atoms with Crippen LogP contribution in [0.4, 0.5) is 5.82 Å². The van der Waals surface area contributed by atoms with E-state index in [1.165, 1.54) is 5.56 Å². The van der Waals surface area contributed by atoms with E-state index in [4.69, 9.17) is 5.84 Å². The molecule has 0 bridgehead atoms. The average molecular weight is 271 g/mol. The van der Waals surface area contributed by atoms with E-state index in [2.05, 4.69) is 40.5 Å². The minimum atomic E-state index is 0.612. The maximum Gasteiger partial charge on any atom is 0.170 e. The third-order valence-electron chi connectivity index (χ3n) is 2.70. The van der Waals surface area contributed by atoms with Crippen LogP contribution in [-0.4, -0.2) is 14.4 Å². The number of nitrogens with two attached hydrogens (primary N) is 1. The SMILES string of the molecule is Cc1cccc(Sc2nc(NN)cn3ccnc23)c1. The first-order chi connectivity index (χ1) is 9.26. The second-order valence-corrected chi connectivity index (χ2v) is 5.21. The lowest BCUT2D eigenvalue weighted by atomic mass is 10.2. The number of benzene rings is 1. The zero-order valence-electron chi connectivity index (χ0n) is 10.4. The van der Waals surface area contributed by atoms with Crippen molar-refractivity contribution in [3.05, 3.63) is 48.4 Å². The fourth-order valence-electron chi connectivity index (χ4n) is 1.83. The van der Waals surface area contributed by atoms with Gasteiger partial charge in [-0.05, 0) is 19.1 Å². The van der Waals surface area contributed by atoms with Gasteiger partial charge in [-0.2, -0.15) is 0 Å². The van der Waals surface area contributed by atoms with E-state index >= 15 is 0 Å². The number of aryl methyl sites for hydroxylation is 1. The molecule has 0 aliphatic heterocycles. The number of nitrogen functional groups attached to an aromatic ring is 1. The fourth-order valence-corrected chi connectivity index (χ4v) is 2.84. The highest BCUT2D eigenvalue weighted by molar-refractivity contribution is 7.99. The highest BCUT2D eigenvalue weighted by Crippen LogP contribution is 2.30. The molecule has 1 aromatic carbocycles. The number of hydrazine groups is 1. The summed E-state index contributed by atoms with van der Waals surface area (Å²) in [5.74, 6) is 6.05. The maximum atomic E-state index is 5.44. The van der Waals surface area contributed by atoms with Gasteiger partial charge in [0.1, 0.15) is 5.03 Å². The summed E-state index contributed by atoms with van der Waals surface area (Å²) in [7, 11) is 0. The van der Waals surface area contributed by atoms with Crippen LogP contribution in [0.25, 0.3) is 5.65 Å². The molecule has 6 heteroatoms.